The molecule has 0 bridgehead atoms. The van der Waals surface area contributed by atoms with E-state index in [1.54, 1.807) is 38.1 Å². The molecular formula is C34H41ClF3N6O5PS. The van der Waals surface area contributed by atoms with Gasteiger partial charge in [-0.25, -0.2) is 15.1 Å². The SMILES string of the molecule is CCN(NSC)c1ncnc2c1ccn2C1OC(COP(NC(C)(CC)C(=O)OCc2ccccc2C(F)(F)F)Oc2ccc(Cl)cc2)CC1C. The third-order valence-electron chi connectivity index (χ3n) is 8.55. The number of fused-ring (bicyclic) bond motifs is 1. The lowest BCUT2D eigenvalue weighted by Crippen LogP contribution is -2.48. The second kappa shape index (κ2) is 17.1. The van der Waals surface area contributed by atoms with Crippen molar-refractivity contribution >= 4 is 54.9 Å². The van der Waals surface area contributed by atoms with Crippen molar-refractivity contribution in [2.24, 2.45) is 5.92 Å². The fourth-order valence-electron chi connectivity index (χ4n) is 5.63. The van der Waals surface area contributed by atoms with Crippen molar-refractivity contribution in [3.8, 4) is 5.75 Å². The summed E-state index contributed by atoms with van der Waals surface area (Å²) >= 11 is 7.56. The summed E-state index contributed by atoms with van der Waals surface area (Å²) in [5, 5.41) is 6.50. The molecule has 1 saturated heterocycles. The Hall–Kier alpha value is -3.17. The van der Waals surface area contributed by atoms with E-state index in [4.69, 9.17) is 30.1 Å². The molecule has 2 N–H and O–H groups in total. The van der Waals surface area contributed by atoms with Crippen LogP contribution in [-0.2, 0) is 31.6 Å². The zero-order valence-corrected chi connectivity index (χ0v) is 31.3. The number of nitrogens with one attached hydrogen (secondary N) is 2. The predicted molar refractivity (Wildman–Crippen MR) is 193 cm³/mol. The summed E-state index contributed by atoms with van der Waals surface area (Å²) in [6, 6.07) is 13.6. The second-order valence-electron chi connectivity index (χ2n) is 12.2. The van der Waals surface area contributed by atoms with Gasteiger partial charge in [0.2, 0.25) is 0 Å². The number of anilines is 1. The van der Waals surface area contributed by atoms with Crippen molar-refractivity contribution in [2.45, 2.75) is 71.2 Å². The first kappa shape index (κ1) is 39.0. The number of ether oxygens (including phenoxy) is 2. The van der Waals surface area contributed by atoms with E-state index in [1.807, 2.05) is 35.0 Å². The summed E-state index contributed by atoms with van der Waals surface area (Å²) in [6.07, 6.45) is 1.09. The molecule has 17 heteroatoms. The minimum Gasteiger partial charge on any atom is -0.459 e. The molecule has 0 spiro atoms. The van der Waals surface area contributed by atoms with Gasteiger partial charge in [-0.05, 0) is 69.3 Å². The van der Waals surface area contributed by atoms with Gasteiger partial charge < -0.3 is 23.1 Å². The number of hydrogen-bond donors (Lipinski definition) is 2. The van der Waals surface area contributed by atoms with E-state index >= 15 is 0 Å². The molecule has 1 aliphatic rings. The van der Waals surface area contributed by atoms with Crippen LogP contribution in [0.15, 0.2) is 67.1 Å². The first-order valence-corrected chi connectivity index (χ1v) is 19.1. The molecule has 5 unspecified atom stereocenters. The summed E-state index contributed by atoms with van der Waals surface area (Å²) in [4.78, 5) is 25.8. The lowest BCUT2D eigenvalue weighted by atomic mass is 10.0. The Morgan fingerprint density at radius 3 is 2.59 bits per heavy atom. The highest BCUT2D eigenvalue weighted by atomic mass is 35.5. The minimum atomic E-state index is -4.59. The van der Waals surface area contributed by atoms with Crippen LogP contribution in [0.4, 0.5) is 19.0 Å². The van der Waals surface area contributed by atoms with Crippen molar-refractivity contribution in [2.75, 3.05) is 24.4 Å². The molecule has 5 rings (SSSR count). The van der Waals surface area contributed by atoms with Gasteiger partial charge in [0.25, 0.3) is 0 Å². The van der Waals surface area contributed by atoms with E-state index < -0.39 is 38.4 Å². The van der Waals surface area contributed by atoms with Crippen LogP contribution in [0.5, 0.6) is 5.75 Å². The highest BCUT2D eigenvalue weighted by Crippen LogP contribution is 2.43. The predicted octanol–water partition coefficient (Wildman–Crippen LogP) is 8.46. The molecule has 2 aromatic carbocycles. The molecule has 0 radical (unpaired) electrons. The molecule has 11 nitrogen and oxygen atoms in total. The van der Waals surface area contributed by atoms with E-state index in [1.165, 1.54) is 36.5 Å². The van der Waals surface area contributed by atoms with Crippen molar-refractivity contribution in [1.82, 2.24) is 24.5 Å². The van der Waals surface area contributed by atoms with E-state index in [0.29, 0.717) is 23.7 Å². The minimum absolute atomic E-state index is 0.103. The van der Waals surface area contributed by atoms with Gasteiger partial charge in [-0.3, -0.25) is 9.80 Å². The fraction of sp³-hybridized carbons (Fsp3) is 0.441. The lowest BCUT2D eigenvalue weighted by Gasteiger charge is -2.31. The number of aromatic nitrogens is 3. The summed E-state index contributed by atoms with van der Waals surface area (Å²) in [5.41, 5.74) is -1.63. The van der Waals surface area contributed by atoms with Crippen LogP contribution in [0.2, 0.25) is 5.02 Å². The smallest absolute Gasteiger partial charge is 0.416 e. The number of benzene rings is 2. The molecular weight excluding hydrogens is 728 g/mol. The average molecular weight is 769 g/mol. The molecule has 1 fully saturated rings. The summed E-state index contributed by atoms with van der Waals surface area (Å²) in [6.45, 7) is 7.76. The molecule has 51 heavy (non-hydrogen) atoms. The number of alkyl halides is 3. The van der Waals surface area contributed by atoms with Crippen LogP contribution in [0.25, 0.3) is 11.0 Å². The maximum atomic E-state index is 13.6. The van der Waals surface area contributed by atoms with Crippen molar-refractivity contribution in [1.29, 1.82) is 0 Å². The van der Waals surface area contributed by atoms with Crippen LogP contribution >= 0.6 is 32.1 Å². The van der Waals surface area contributed by atoms with Crippen molar-refractivity contribution < 1.29 is 36.5 Å². The molecule has 0 aliphatic carbocycles. The quantitative estimate of drug-likeness (QED) is 0.0496. The number of nitrogens with zero attached hydrogens (tertiary/aromatic N) is 4. The van der Waals surface area contributed by atoms with Gasteiger partial charge in [0.15, 0.2) is 5.82 Å². The first-order chi connectivity index (χ1) is 24.4. The van der Waals surface area contributed by atoms with Gasteiger partial charge in [0.1, 0.15) is 36.1 Å². The number of carbonyl (C=O) groups is 1. The molecule has 0 amide bonds. The Labute approximate surface area is 305 Å². The van der Waals surface area contributed by atoms with Crippen LogP contribution in [0, 0.1) is 5.92 Å². The number of carbonyl (C=O) groups excluding carboxylic acids is 1. The van der Waals surface area contributed by atoms with Crippen LogP contribution in [-0.4, -0.2) is 51.6 Å². The third kappa shape index (κ3) is 9.44. The van der Waals surface area contributed by atoms with E-state index in [0.717, 1.165) is 22.9 Å². The Bertz CT molecular complexity index is 1770. The van der Waals surface area contributed by atoms with E-state index in [9.17, 15) is 18.0 Å². The topological polar surface area (TPSA) is 112 Å². The van der Waals surface area contributed by atoms with Gasteiger partial charge in [-0.1, -0.05) is 55.6 Å². The molecule has 2 aromatic heterocycles. The zero-order chi connectivity index (χ0) is 36.8. The zero-order valence-electron chi connectivity index (χ0n) is 28.8. The Balaban J connectivity index is 1.29. The molecule has 5 atom stereocenters. The number of esters is 1. The van der Waals surface area contributed by atoms with Gasteiger partial charge in [-0.2, -0.15) is 18.0 Å². The first-order valence-electron chi connectivity index (χ1n) is 16.4. The maximum absolute atomic E-state index is 13.6. The Morgan fingerprint density at radius 2 is 1.90 bits per heavy atom. The van der Waals surface area contributed by atoms with Crippen molar-refractivity contribution in [3.63, 3.8) is 0 Å². The molecule has 3 heterocycles. The highest BCUT2D eigenvalue weighted by molar-refractivity contribution is 7.96. The highest BCUT2D eigenvalue weighted by Gasteiger charge is 2.40. The molecule has 1 aliphatic heterocycles. The van der Waals surface area contributed by atoms with Gasteiger partial charge >= 0.3 is 20.7 Å². The van der Waals surface area contributed by atoms with Gasteiger partial charge in [0, 0.05) is 29.2 Å². The molecule has 4 aromatic rings. The van der Waals surface area contributed by atoms with Crippen LogP contribution in [0.3, 0.4) is 0 Å². The molecule has 276 valence electrons. The summed E-state index contributed by atoms with van der Waals surface area (Å²) < 4.78 is 67.1. The Kier molecular flexibility index (Phi) is 13.1. The maximum Gasteiger partial charge on any atom is 0.416 e. The third-order valence-corrected chi connectivity index (χ3v) is 10.6. The molecule has 0 saturated carbocycles. The lowest BCUT2D eigenvalue weighted by molar-refractivity contribution is -0.153. The van der Waals surface area contributed by atoms with Crippen LogP contribution in [0.1, 0.15) is 57.9 Å². The van der Waals surface area contributed by atoms with E-state index in [2.05, 4.69) is 26.8 Å². The van der Waals surface area contributed by atoms with Gasteiger partial charge in [-0.15, -0.1) is 0 Å². The largest absolute Gasteiger partial charge is 0.459 e. The fourth-order valence-corrected chi connectivity index (χ4v) is 7.62. The average Bonchev–Trinajstić information content (AvgIpc) is 3.71. The number of hydrogen-bond acceptors (Lipinski definition) is 11. The summed E-state index contributed by atoms with van der Waals surface area (Å²) in [5.74, 6) is 0.554. The van der Waals surface area contributed by atoms with Gasteiger partial charge in [0.05, 0.1) is 23.7 Å². The number of hydrazine groups is 1. The van der Waals surface area contributed by atoms with E-state index in [-0.39, 0.29) is 36.8 Å². The summed E-state index contributed by atoms with van der Waals surface area (Å²) in [7, 11) is -1.99. The number of rotatable bonds is 16. The number of halogens is 4. The second-order valence-corrected chi connectivity index (χ2v) is 14.4. The van der Waals surface area contributed by atoms with Crippen LogP contribution < -0.4 is 19.5 Å². The Morgan fingerprint density at radius 1 is 1.16 bits per heavy atom. The van der Waals surface area contributed by atoms with Crippen molar-refractivity contribution in [3.05, 3.63) is 83.3 Å². The normalized spacial score (nSPS) is 19.5. The standard InChI is InChI=1S/C34H41ClF3N6O5PS/c1-6-33(4,32(45)46-19-23-10-8-9-11-28(23)34(36,37)38)41-50(49-25-14-12-24(35)13-15-25)47-20-26-18-22(3)31(48-26)43-17-16-27-29(43)39-21-40-30(27)44(7-2)42-51-5/h8-17,21-22,26,31,41-42H,6-7,18-20H2,1-5H3. The monoisotopic (exact) mass is 768 g/mol.